The smallest absolute Gasteiger partial charge is 0.410 e. The van der Waals surface area contributed by atoms with Gasteiger partial charge in [0.2, 0.25) is 0 Å². The number of rotatable bonds is 2. The second kappa shape index (κ2) is 7.85. The molecule has 0 radical (unpaired) electrons. The van der Waals surface area contributed by atoms with E-state index in [4.69, 9.17) is 4.74 Å². The summed E-state index contributed by atoms with van der Waals surface area (Å²) in [6, 6.07) is 9.28. The lowest BCUT2D eigenvalue weighted by molar-refractivity contribution is 0.0233. The predicted octanol–water partition coefficient (Wildman–Crippen LogP) is 4.45. The van der Waals surface area contributed by atoms with E-state index in [1.54, 1.807) is 0 Å². The largest absolute Gasteiger partial charge is 0.444 e. The first-order chi connectivity index (χ1) is 12.7. The molecule has 0 spiro atoms. The average molecular weight is 370 g/mol. The van der Waals surface area contributed by atoms with Crippen LogP contribution in [0.4, 0.5) is 4.79 Å². The number of pyridine rings is 1. The van der Waals surface area contributed by atoms with E-state index in [9.17, 15) is 4.79 Å². The Morgan fingerprint density at radius 1 is 1.19 bits per heavy atom. The van der Waals surface area contributed by atoms with Crippen LogP contribution >= 0.6 is 0 Å². The number of hydrogen-bond acceptors (Lipinski definition) is 4. The first-order valence-electron chi connectivity index (χ1n) is 9.79. The Labute approximate surface area is 162 Å². The molecule has 1 aromatic heterocycles. The van der Waals surface area contributed by atoms with Crippen LogP contribution in [0.3, 0.4) is 0 Å². The van der Waals surface area contributed by atoms with Gasteiger partial charge in [0, 0.05) is 49.5 Å². The maximum atomic E-state index is 12.5. The van der Waals surface area contributed by atoms with Crippen LogP contribution in [0.2, 0.25) is 0 Å². The molecule has 2 atom stereocenters. The molecule has 146 valence electrons. The molecule has 27 heavy (non-hydrogen) atoms. The summed E-state index contributed by atoms with van der Waals surface area (Å²) in [6.07, 6.45) is 4.47. The second-order valence-corrected chi connectivity index (χ2v) is 8.64. The Kier molecular flexibility index (Phi) is 5.70. The van der Waals surface area contributed by atoms with Gasteiger partial charge in [0.25, 0.3) is 0 Å². The van der Waals surface area contributed by atoms with Gasteiger partial charge in [-0.05, 0) is 64.1 Å². The van der Waals surface area contributed by atoms with Crippen LogP contribution in [-0.2, 0) is 11.3 Å². The first kappa shape index (κ1) is 19.6. The number of ether oxygens (including phenoxy) is 1. The van der Waals surface area contributed by atoms with Gasteiger partial charge in [-0.15, -0.1) is 0 Å². The lowest BCUT2D eigenvalue weighted by atomic mass is 10.1. The van der Waals surface area contributed by atoms with Crippen LogP contribution in [0.25, 0.3) is 10.8 Å². The van der Waals surface area contributed by atoms with Crippen LogP contribution in [0, 0.1) is 0 Å². The molecule has 0 N–H and O–H groups in total. The van der Waals surface area contributed by atoms with Gasteiger partial charge >= 0.3 is 6.09 Å². The van der Waals surface area contributed by atoms with Crippen LogP contribution < -0.4 is 0 Å². The van der Waals surface area contributed by atoms with Crippen molar-refractivity contribution >= 4 is 16.9 Å². The van der Waals surface area contributed by atoms with Crippen molar-refractivity contribution < 1.29 is 9.53 Å². The zero-order valence-corrected chi connectivity index (χ0v) is 17.1. The van der Waals surface area contributed by atoms with E-state index >= 15 is 0 Å². The minimum atomic E-state index is -0.460. The predicted molar refractivity (Wildman–Crippen MR) is 109 cm³/mol. The number of carbonyl (C=O) groups excluding carboxylic acids is 1. The number of carbonyl (C=O) groups is 1. The maximum absolute atomic E-state index is 12.5. The first-order valence-corrected chi connectivity index (χ1v) is 9.79. The molecule has 1 aromatic carbocycles. The Bertz CT molecular complexity index is 799. The van der Waals surface area contributed by atoms with Gasteiger partial charge in [0.05, 0.1) is 0 Å². The van der Waals surface area contributed by atoms with E-state index in [0.717, 1.165) is 24.9 Å². The van der Waals surface area contributed by atoms with Crippen molar-refractivity contribution in [3.8, 4) is 0 Å². The average Bonchev–Trinajstić information content (AvgIpc) is 2.73. The summed E-state index contributed by atoms with van der Waals surface area (Å²) in [5, 5.41) is 2.38. The number of fused-ring (bicyclic) bond motifs is 1. The number of aromatic nitrogens is 1. The molecule has 3 rings (SSSR count). The standard InChI is InChI=1S/C22H31N3O2/c1-16-9-11-24(21(26)27-22(3,4)5)14-17(2)25(16)15-18-6-7-20-13-23-10-8-19(20)12-18/h6-8,10,12-13,16-17H,9,11,14-15H2,1-5H3/t16-,17+/m1/s1. The van der Waals surface area contributed by atoms with E-state index in [2.05, 4.69) is 48.0 Å². The van der Waals surface area contributed by atoms with Crippen molar-refractivity contribution in [2.24, 2.45) is 0 Å². The Balaban J connectivity index is 1.72. The molecular weight excluding hydrogens is 338 g/mol. The van der Waals surface area contributed by atoms with Crippen molar-refractivity contribution in [3.63, 3.8) is 0 Å². The molecule has 0 bridgehead atoms. The Morgan fingerprint density at radius 3 is 2.70 bits per heavy atom. The highest BCUT2D eigenvalue weighted by Crippen LogP contribution is 2.23. The SMILES string of the molecule is C[C@@H]1CCN(C(=O)OC(C)(C)C)C[C@H](C)N1Cc1ccc2cnccc2c1. The lowest BCUT2D eigenvalue weighted by Gasteiger charge is -2.33. The van der Waals surface area contributed by atoms with Gasteiger partial charge in [-0.3, -0.25) is 9.88 Å². The fourth-order valence-corrected chi connectivity index (χ4v) is 3.70. The lowest BCUT2D eigenvalue weighted by Crippen LogP contribution is -2.44. The summed E-state index contributed by atoms with van der Waals surface area (Å²) in [6.45, 7) is 12.5. The van der Waals surface area contributed by atoms with Crippen molar-refractivity contribution in [2.75, 3.05) is 13.1 Å². The topological polar surface area (TPSA) is 45.7 Å². The monoisotopic (exact) mass is 369 g/mol. The van der Waals surface area contributed by atoms with Gasteiger partial charge in [0.15, 0.2) is 0 Å². The third kappa shape index (κ3) is 4.98. The van der Waals surface area contributed by atoms with Crippen LogP contribution in [0.5, 0.6) is 0 Å². The quantitative estimate of drug-likeness (QED) is 0.784. The maximum Gasteiger partial charge on any atom is 0.410 e. The van der Waals surface area contributed by atoms with E-state index in [1.165, 1.54) is 10.9 Å². The van der Waals surface area contributed by atoms with Gasteiger partial charge in [-0.2, -0.15) is 0 Å². The van der Waals surface area contributed by atoms with Crippen molar-refractivity contribution in [1.82, 2.24) is 14.8 Å². The number of benzene rings is 1. The molecule has 0 aliphatic carbocycles. The van der Waals surface area contributed by atoms with Gasteiger partial charge in [0.1, 0.15) is 5.60 Å². The molecule has 1 amide bonds. The molecule has 1 saturated heterocycles. The molecule has 1 aliphatic rings. The van der Waals surface area contributed by atoms with Crippen LogP contribution in [0.1, 0.15) is 46.6 Å². The number of nitrogens with zero attached hydrogens (tertiary/aromatic N) is 3. The number of hydrogen-bond donors (Lipinski definition) is 0. The third-order valence-electron chi connectivity index (χ3n) is 5.16. The summed E-state index contributed by atoms with van der Waals surface area (Å²) in [5.74, 6) is 0. The van der Waals surface area contributed by atoms with Crippen molar-refractivity contribution in [2.45, 2.75) is 65.3 Å². The molecule has 0 saturated carbocycles. The molecule has 1 aliphatic heterocycles. The highest BCUT2D eigenvalue weighted by molar-refractivity contribution is 5.82. The number of amides is 1. The summed E-state index contributed by atoms with van der Waals surface area (Å²) in [4.78, 5) is 21.0. The highest BCUT2D eigenvalue weighted by atomic mass is 16.6. The fraction of sp³-hybridized carbons (Fsp3) is 0.545. The molecule has 2 aromatic rings. The summed E-state index contributed by atoms with van der Waals surface area (Å²) >= 11 is 0. The zero-order chi connectivity index (χ0) is 19.6. The molecule has 5 nitrogen and oxygen atoms in total. The molecule has 2 heterocycles. The second-order valence-electron chi connectivity index (χ2n) is 8.64. The van der Waals surface area contributed by atoms with Crippen LogP contribution in [-0.4, -0.2) is 51.7 Å². The van der Waals surface area contributed by atoms with Crippen molar-refractivity contribution in [3.05, 3.63) is 42.2 Å². The highest BCUT2D eigenvalue weighted by Gasteiger charge is 2.31. The molecule has 1 fully saturated rings. The Morgan fingerprint density at radius 2 is 1.96 bits per heavy atom. The molecule has 0 unspecified atom stereocenters. The minimum Gasteiger partial charge on any atom is -0.444 e. The van der Waals surface area contributed by atoms with Crippen molar-refractivity contribution in [1.29, 1.82) is 0 Å². The molecular formula is C22H31N3O2. The van der Waals surface area contributed by atoms with E-state index in [-0.39, 0.29) is 12.1 Å². The summed E-state index contributed by atoms with van der Waals surface area (Å²) < 4.78 is 5.58. The van der Waals surface area contributed by atoms with E-state index in [1.807, 2.05) is 38.1 Å². The Hall–Kier alpha value is -2.14. The van der Waals surface area contributed by atoms with Gasteiger partial charge < -0.3 is 9.64 Å². The van der Waals surface area contributed by atoms with E-state index < -0.39 is 5.60 Å². The third-order valence-corrected chi connectivity index (χ3v) is 5.16. The van der Waals surface area contributed by atoms with Gasteiger partial charge in [-0.1, -0.05) is 12.1 Å². The normalized spacial score (nSPS) is 21.9. The zero-order valence-electron chi connectivity index (χ0n) is 17.1. The van der Waals surface area contributed by atoms with E-state index in [0.29, 0.717) is 12.6 Å². The molecule has 5 heteroatoms. The summed E-state index contributed by atoms with van der Waals surface area (Å²) in [7, 11) is 0. The minimum absolute atomic E-state index is 0.207. The summed E-state index contributed by atoms with van der Waals surface area (Å²) in [5.41, 5.74) is 0.829. The van der Waals surface area contributed by atoms with Crippen LogP contribution in [0.15, 0.2) is 36.7 Å². The fourth-order valence-electron chi connectivity index (χ4n) is 3.70. The van der Waals surface area contributed by atoms with Gasteiger partial charge in [-0.25, -0.2) is 4.79 Å².